The Morgan fingerprint density at radius 1 is 1.22 bits per heavy atom. The first-order chi connectivity index (χ1) is 8.69. The lowest BCUT2D eigenvalue weighted by atomic mass is 10.1. The molecule has 2 rings (SSSR count). The minimum absolute atomic E-state index is 0.0444. The standard InChI is InChI=1S/C12H13F2N3S/c1-2-10-16-17-12(18-10)15-7-8-3-5-9(6-4-8)11(13)14/h3-6,11H,2,7H2,1H3,(H,15,17). The van der Waals surface area contributed by atoms with Crippen LogP contribution in [0.4, 0.5) is 13.9 Å². The van der Waals surface area contributed by atoms with Crippen LogP contribution in [-0.4, -0.2) is 10.2 Å². The van der Waals surface area contributed by atoms with Gasteiger partial charge in [-0.2, -0.15) is 0 Å². The number of hydrogen-bond donors (Lipinski definition) is 1. The number of hydrogen-bond acceptors (Lipinski definition) is 4. The van der Waals surface area contributed by atoms with Gasteiger partial charge in [-0.05, 0) is 12.0 Å². The molecule has 0 saturated carbocycles. The SMILES string of the molecule is CCc1nnc(NCc2ccc(C(F)F)cc2)s1. The van der Waals surface area contributed by atoms with Crippen LogP contribution in [0.25, 0.3) is 0 Å². The normalized spacial score (nSPS) is 10.9. The Bertz CT molecular complexity index is 496. The van der Waals surface area contributed by atoms with Crippen LogP contribution < -0.4 is 5.32 Å². The molecular weight excluding hydrogens is 256 g/mol. The van der Waals surface area contributed by atoms with E-state index in [4.69, 9.17) is 0 Å². The van der Waals surface area contributed by atoms with E-state index in [0.717, 1.165) is 22.1 Å². The van der Waals surface area contributed by atoms with Gasteiger partial charge in [0.25, 0.3) is 6.43 Å². The molecule has 0 spiro atoms. The van der Waals surface area contributed by atoms with Crippen molar-refractivity contribution < 1.29 is 8.78 Å². The number of aromatic nitrogens is 2. The Labute approximate surface area is 108 Å². The van der Waals surface area contributed by atoms with Crippen LogP contribution >= 0.6 is 11.3 Å². The van der Waals surface area contributed by atoms with Gasteiger partial charge in [0.15, 0.2) is 0 Å². The molecule has 1 N–H and O–H groups in total. The van der Waals surface area contributed by atoms with Gasteiger partial charge in [-0.1, -0.05) is 42.5 Å². The van der Waals surface area contributed by atoms with Gasteiger partial charge in [-0.25, -0.2) is 8.78 Å². The van der Waals surface area contributed by atoms with Gasteiger partial charge >= 0.3 is 0 Å². The molecular formula is C12H13F2N3S. The number of alkyl halides is 2. The molecule has 0 radical (unpaired) electrons. The third-order valence-corrected chi connectivity index (χ3v) is 3.47. The smallest absolute Gasteiger partial charge is 0.263 e. The van der Waals surface area contributed by atoms with Gasteiger partial charge in [0.1, 0.15) is 5.01 Å². The largest absolute Gasteiger partial charge is 0.356 e. The zero-order chi connectivity index (χ0) is 13.0. The Hall–Kier alpha value is -1.56. The van der Waals surface area contributed by atoms with Crippen molar-refractivity contribution in [1.82, 2.24) is 10.2 Å². The zero-order valence-corrected chi connectivity index (χ0v) is 10.7. The second-order valence-corrected chi connectivity index (χ2v) is 4.81. The topological polar surface area (TPSA) is 37.8 Å². The van der Waals surface area contributed by atoms with Gasteiger partial charge in [-0.15, -0.1) is 10.2 Å². The van der Waals surface area contributed by atoms with E-state index in [1.165, 1.54) is 23.5 Å². The highest BCUT2D eigenvalue weighted by atomic mass is 32.1. The van der Waals surface area contributed by atoms with Crippen molar-refractivity contribution in [3.05, 3.63) is 40.4 Å². The third kappa shape index (κ3) is 3.22. The van der Waals surface area contributed by atoms with Crippen molar-refractivity contribution in [2.75, 3.05) is 5.32 Å². The molecule has 18 heavy (non-hydrogen) atoms. The summed E-state index contributed by atoms with van der Waals surface area (Å²) < 4.78 is 24.7. The zero-order valence-electron chi connectivity index (χ0n) is 9.86. The fourth-order valence-electron chi connectivity index (χ4n) is 1.43. The lowest BCUT2D eigenvalue weighted by Crippen LogP contribution is -1.99. The quantitative estimate of drug-likeness (QED) is 0.900. The molecule has 0 aliphatic heterocycles. The second kappa shape index (κ2) is 5.86. The second-order valence-electron chi connectivity index (χ2n) is 3.75. The van der Waals surface area contributed by atoms with E-state index in [1.807, 2.05) is 6.92 Å². The van der Waals surface area contributed by atoms with Gasteiger partial charge in [-0.3, -0.25) is 0 Å². The summed E-state index contributed by atoms with van der Waals surface area (Å²) in [6.45, 7) is 2.58. The molecule has 0 fully saturated rings. The van der Waals surface area contributed by atoms with E-state index >= 15 is 0 Å². The number of benzene rings is 1. The van der Waals surface area contributed by atoms with E-state index in [0.29, 0.717) is 6.54 Å². The van der Waals surface area contributed by atoms with Crippen molar-refractivity contribution in [1.29, 1.82) is 0 Å². The minimum atomic E-state index is -2.41. The maximum Gasteiger partial charge on any atom is 0.263 e. The summed E-state index contributed by atoms with van der Waals surface area (Å²) in [5, 5.41) is 12.8. The van der Waals surface area contributed by atoms with Gasteiger partial charge < -0.3 is 5.32 Å². The highest BCUT2D eigenvalue weighted by Crippen LogP contribution is 2.20. The molecule has 0 atom stereocenters. The van der Waals surface area contributed by atoms with Gasteiger partial charge in [0, 0.05) is 12.1 Å². The molecule has 0 bridgehead atoms. The van der Waals surface area contributed by atoms with E-state index in [9.17, 15) is 8.78 Å². The van der Waals surface area contributed by atoms with Crippen LogP contribution in [0.1, 0.15) is 29.5 Å². The number of nitrogens with zero attached hydrogens (tertiary/aromatic N) is 2. The Morgan fingerprint density at radius 3 is 2.50 bits per heavy atom. The summed E-state index contributed by atoms with van der Waals surface area (Å²) in [7, 11) is 0. The van der Waals surface area contributed by atoms with E-state index in [-0.39, 0.29) is 5.56 Å². The first kappa shape index (κ1) is 12.9. The monoisotopic (exact) mass is 269 g/mol. The Morgan fingerprint density at radius 2 is 1.94 bits per heavy atom. The predicted molar refractivity (Wildman–Crippen MR) is 68.0 cm³/mol. The lowest BCUT2D eigenvalue weighted by molar-refractivity contribution is 0.151. The number of halogens is 2. The number of anilines is 1. The highest BCUT2D eigenvalue weighted by molar-refractivity contribution is 7.15. The average Bonchev–Trinajstić information content (AvgIpc) is 2.85. The maximum absolute atomic E-state index is 12.4. The average molecular weight is 269 g/mol. The predicted octanol–water partition coefficient (Wildman–Crippen LogP) is 3.65. The van der Waals surface area contributed by atoms with Crippen LogP contribution in [-0.2, 0) is 13.0 Å². The van der Waals surface area contributed by atoms with Crippen molar-refractivity contribution in [3.63, 3.8) is 0 Å². The maximum atomic E-state index is 12.4. The molecule has 96 valence electrons. The van der Waals surface area contributed by atoms with Crippen LogP contribution in [0, 0.1) is 0 Å². The van der Waals surface area contributed by atoms with E-state index in [2.05, 4.69) is 15.5 Å². The van der Waals surface area contributed by atoms with Gasteiger partial charge in [0.2, 0.25) is 5.13 Å². The first-order valence-corrected chi connectivity index (χ1v) is 6.44. The molecule has 1 aromatic carbocycles. The lowest BCUT2D eigenvalue weighted by Gasteiger charge is -2.04. The fourth-order valence-corrected chi connectivity index (χ4v) is 2.10. The van der Waals surface area contributed by atoms with Crippen molar-refractivity contribution in [3.8, 4) is 0 Å². The number of aryl methyl sites for hydroxylation is 1. The minimum Gasteiger partial charge on any atom is -0.356 e. The summed E-state index contributed by atoms with van der Waals surface area (Å²) in [4.78, 5) is 0. The van der Waals surface area contributed by atoms with Crippen LogP contribution in [0.5, 0.6) is 0 Å². The molecule has 6 heteroatoms. The van der Waals surface area contributed by atoms with E-state index in [1.54, 1.807) is 12.1 Å². The van der Waals surface area contributed by atoms with Crippen molar-refractivity contribution in [2.45, 2.75) is 26.3 Å². The van der Waals surface area contributed by atoms with Crippen LogP contribution in [0.3, 0.4) is 0 Å². The Balaban J connectivity index is 1.93. The molecule has 2 aromatic rings. The number of nitrogens with one attached hydrogen (secondary N) is 1. The molecule has 0 aliphatic carbocycles. The van der Waals surface area contributed by atoms with Crippen LogP contribution in [0.2, 0.25) is 0 Å². The summed E-state index contributed by atoms with van der Waals surface area (Å²) in [5.74, 6) is 0. The third-order valence-electron chi connectivity index (χ3n) is 2.44. The number of rotatable bonds is 5. The summed E-state index contributed by atoms with van der Waals surface area (Å²) in [5.41, 5.74) is 0.982. The van der Waals surface area contributed by atoms with Crippen molar-refractivity contribution >= 4 is 16.5 Å². The molecule has 1 heterocycles. The molecule has 1 aromatic heterocycles. The molecule has 0 unspecified atom stereocenters. The Kier molecular flexibility index (Phi) is 4.19. The fraction of sp³-hybridized carbons (Fsp3) is 0.333. The summed E-state index contributed by atoms with van der Waals surface area (Å²) in [6, 6.07) is 6.27. The summed E-state index contributed by atoms with van der Waals surface area (Å²) >= 11 is 1.51. The first-order valence-electron chi connectivity index (χ1n) is 5.62. The van der Waals surface area contributed by atoms with Crippen LogP contribution in [0.15, 0.2) is 24.3 Å². The van der Waals surface area contributed by atoms with Gasteiger partial charge in [0.05, 0.1) is 0 Å². The molecule has 0 aliphatic rings. The molecule has 0 amide bonds. The highest BCUT2D eigenvalue weighted by Gasteiger charge is 2.06. The summed E-state index contributed by atoms with van der Waals surface area (Å²) in [6.07, 6.45) is -1.55. The van der Waals surface area contributed by atoms with Crippen molar-refractivity contribution in [2.24, 2.45) is 0 Å². The molecule has 0 saturated heterocycles. The van der Waals surface area contributed by atoms with E-state index < -0.39 is 6.43 Å². The molecule has 3 nitrogen and oxygen atoms in total.